The van der Waals surface area contributed by atoms with Crippen LogP contribution in [0.4, 0.5) is 0 Å². The van der Waals surface area contributed by atoms with Crippen molar-refractivity contribution < 1.29 is 4.79 Å². The molecule has 76 valence electrons. The smallest absolute Gasteiger partial charge is 0.262 e. The lowest BCUT2D eigenvalue weighted by atomic mass is 10.00. The Kier molecular flexibility index (Phi) is 2.46. The van der Waals surface area contributed by atoms with E-state index in [1.165, 1.54) is 4.81 Å². The number of rotatable bonds is 2. The van der Waals surface area contributed by atoms with Crippen LogP contribution in [0.15, 0.2) is 6.20 Å². The molecule has 0 saturated carbocycles. The van der Waals surface area contributed by atoms with Gasteiger partial charge in [-0.05, 0) is 17.9 Å². The normalized spacial score (nSPS) is 14.9. The molecule has 0 saturated heterocycles. The molecule has 0 aromatic carbocycles. The molecule has 1 aliphatic rings. The van der Waals surface area contributed by atoms with Crippen LogP contribution in [0.5, 0.6) is 0 Å². The second-order valence-corrected chi connectivity index (χ2v) is 4.23. The fourth-order valence-electron chi connectivity index (χ4n) is 1.79. The summed E-state index contributed by atoms with van der Waals surface area (Å²) in [5, 5.41) is 7.68. The fourth-order valence-corrected chi connectivity index (χ4v) is 1.79. The maximum Gasteiger partial charge on any atom is 0.262 e. The van der Waals surface area contributed by atoms with Crippen LogP contribution in [-0.4, -0.2) is 28.9 Å². The van der Waals surface area contributed by atoms with Gasteiger partial charge in [0.1, 0.15) is 0 Å². The van der Waals surface area contributed by atoms with Crippen molar-refractivity contribution in [3.8, 4) is 0 Å². The molecule has 0 atom stereocenters. The van der Waals surface area contributed by atoms with E-state index in [4.69, 9.17) is 7.98 Å². The highest BCUT2D eigenvalue weighted by Gasteiger charge is 2.28. The van der Waals surface area contributed by atoms with Crippen LogP contribution in [0, 0.1) is 5.92 Å². The second kappa shape index (κ2) is 3.64. The summed E-state index contributed by atoms with van der Waals surface area (Å²) in [7, 11) is 5.54. The molecule has 1 aromatic rings. The third-order valence-electron chi connectivity index (χ3n) is 2.46. The maximum absolute atomic E-state index is 11.5. The first-order chi connectivity index (χ1) is 7.09. The molecule has 0 N–H and O–H groups in total. The van der Waals surface area contributed by atoms with Crippen LogP contribution in [0.2, 0.25) is 0 Å². The Balaban J connectivity index is 2.40. The standard InChI is InChI=1S/C10H12BN3O/c1-6(2)3-7-4-12-13-9-8(7)5-14(11)10(9)15/h4,6H,3,5H2,1-2H3. The predicted octanol–water partition coefficient (Wildman–Crippen LogP) is 0.714. The summed E-state index contributed by atoms with van der Waals surface area (Å²) in [6, 6.07) is 0. The van der Waals surface area contributed by atoms with Crippen molar-refractivity contribution >= 4 is 13.9 Å². The highest BCUT2D eigenvalue weighted by molar-refractivity contribution is 6.19. The lowest BCUT2D eigenvalue weighted by Crippen LogP contribution is -2.20. The molecule has 1 aromatic heterocycles. The number of aromatic nitrogens is 2. The van der Waals surface area contributed by atoms with Crippen LogP contribution >= 0.6 is 0 Å². The summed E-state index contributed by atoms with van der Waals surface area (Å²) in [5.74, 6) is 0.295. The van der Waals surface area contributed by atoms with Crippen LogP contribution in [0.25, 0.3) is 0 Å². The van der Waals surface area contributed by atoms with Crippen LogP contribution in [0.1, 0.15) is 35.5 Å². The van der Waals surface area contributed by atoms with E-state index in [0.29, 0.717) is 18.2 Å². The summed E-state index contributed by atoms with van der Waals surface area (Å²) in [4.78, 5) is 12.7. The SMILES string of the molecule is [B]N1Cc2c(CC(C)C)cnnc2C1=O. The average molecular weight is 201 g/mol. The van der Waals surface area contributed by atoms with Crippen molar-refractivity contribution in [1.29, 1.82) is 0 Å². The van der Waals surface area contributed by atoms with Crippen molar-refractivity contribution in [1.82, 2.24) is 15.0 Å². The van der Waals surface area contributed by atoms with Gasteiger partial charge in [-0.3, -0.25) is 4.79 Å². The molecule has 2 radical (unpaired) electrons. The first kappa shape index (κ1) is 10.1. The molecule has 5 heteroatoms. The van der Waals surface area contributed by atoms with Crippen LogP contribution < -0.4 is 0 Å². The zero-order valence-electron chi connectivity index (χ0n) is 8.90. The summed E-state index contributed by atoms with van der Waals surface area (Å²) in [5.41, 5.74) is 2.43. The summed E-state index contributed by atoms with van der Waals surface area (Å²) < 4.78 is 0. The predicted molar refractivity (Wildman–Crippen MR) is 56.2 cm³/mol. The average Bonchev–Trinajstić information content (AvgIpc) is 2.45. The van der Waals surface area contributed by atoms with E-state index in [2.05, 4.69) is 24.0 Å². The molecule has 1 amide bonds. The van der Waals surface area contributed by atoms with Gasteiger partial charge in [0.2, 0.25) is 7.98 Å². The summed E-state index contributed by atoms with van der Waals surface area (Å²) in [6.45, 7) is 4.71. The zero-order chi connectivity index (χ0) is 11.0. The second-order valence-electron chi connectivity index (χ2n) is 4.23. The van der Waals surface area contributed by atoms with Crippen molar-refractivity contribution in [2.24, 2.45) is 5.92 Å². The zero-order valence-corrected chi connectivity index (χ0v) is 8.90. The third-order valence-corrected chi connectivity index (χ3v) is 2.46. The number of hydrogen-bond acceptors (Lipinski definition) is 3. The Labute approximate surface area is 90.1 Å². The molecule has 0 aliphatic carbocycles. The van der Waals surface area contributed by atoms with Crippen molar-refractivity contribution in [3.63, 3.8) is 0 Å². The maximum atomic E-state index is 11.5. The Morgan fingerprint density at radius 1 is 1.60 bits per heavy atom. The quantitative estimate of drug-likeness (QED) is 0.662. The number of carbonyl (C=O) groups excluding carboxylic acids is 1. The van der Waals surface area contributed by atoms with E-state index in [1.807, 2.05) is 0 Å². The number of amides is 1. The van der Waals surface area contributed by atoms with E-state index < -0.39 is 0 Å². The molecular weight excluding hydrogens is 189 g/mol. The highest BCUT2D eigenvalue weighted by atomic mass is 16.2. The number of hydrogen-bond donors (Lipinski definition) is 0. The van der Waals surface area contributed by atoms with Crippen molar-refractivity contribution in [3.05, 3.63) is 23.0 Å². The Hall–Kier alpha value is -1.39. The summed E-state index contributed by atoms with van der Waals surface area (Å²) in [6.07, 6.45) is 2.63. The van der Waals surface area contributed by atoms with E-state index >= 15 is 0 Å². The molecule has 0 spiro atoms. The minimum atomic E-state index is -0.233. The molecule has 2 heterocycles. The van der Waals surface area contributed by atoms with Gasteiger partial charge in [-0.2, -0.15) is 5.10 Å². The van der Waals surface area contributed by atoms with Gasteiger partial charge in [0.15, 0.2) is 5.69 Å². The molecule has 0 fully saturated rings. The van der Waals surface area contributed by atoms with Crippen LogP contribution in [0.3, 0.4) is 0 Å². The van der Waals surface area contributed by atoms with Gasteiger partial charge in [0, 0.05) is 12.1 Å². The lowest BCUT2D eigenvalue weighted by molar-refractivity contribution is 0.0875. The largest absolute Gasteiger partial charge is 0.387 e. The van der Waals surface area contributed by atoms with E-state index in [9.17, 15) is 4.79 Å². The molecule has 15 heavy (non-hydrogen) atoms. The first-order valence-corrected chi connectivity index (χ1v) is 4.99. The van der Waals surface area contributed by atoms with Gasteiger partial charge in [-0.1, -0.05) is 13.8 Å². The van der Waals surface area contributed by atoms with Gasteiger partial charge in [0.25, 0.3) is 5.91 Å². The van der Waals surface area contributed by atoms with Gasteiger partial charge < -0.3 is 4.81 Å². The Morgan fingerprint density at radius 3 is 3.00 bits per heavy atom. The number of carbonyl (C=O) groups is 1. The minimum absolute atomic E-state index is 0.233. The molecule has 4 nitrogen and oxygen atoms in total. The van der Waals surface area contributed by atoms with Gasteiger partial charge in [0.05, 0.1) is 6.20 Å². The molecule has 2 rings (SSSR count). The monoisotopic (exact) mass is 201 g/mol. The molecule has 1 aliphatic heterocycles. The van der Waals surface area contributed by atoms with Gasteiger partial charge in [-0.15, -0.1) is 5.10 Å². The van der Waals surface area contributed by atoms with Crippen LogP contribution in [-0.2, 0) is 13.0 Å². The highest BCUT2D eigenvalue weighted by Crippen LogP contribution is 2.23. The Morgan fingerprint density at radius 2 is 2.33 bits per heavy atom. The lowest BCUT2D eigenvalue weighted by Gasteiger charge is -2.08. The third kappa shape index (κ3) is 1.74. The van der Waals surface area contributed by atoms with E-state index in [1.54, 1.807) is 6.20 Å². The van der Waals surface area contributed by atoms with E-state index in [-0.39, 0.29) is 5.91 Å². The van der Waals surface area contributed by atoms with Gasteiger partial charge in [-0.25, -0.2) is 0 Å². The van der Waals surface area contributed by atoms with Crippen molar-refractivity contribution in [2.75, 3.05) is 0 Å². The number of nitrogens with zero attached hydrogens (tertiary/aromatic N) is 3. The molecular formula is C10H12BN3O. The molecule has 0 bridgehead atoms. The topological polar surface area (TPSA) is 46.1 Å². The fraction of sp³-hybridized carbons (Fsp3) is 0.500. The first-order valence-electron chi connectivity index (χ1n) is 4.99. The molecule has 0 unspecified atom stereocenters. The summed E-state index contributed by atoms with van der Waals surface area (Å²) >= 11 is 0. The van der Waals surface area contributed by atoms with E-state index in [0.717, 1.165) is 17.5 Å². The Bertz CT molecular complexity index is 406. The van der Waals surface area contributed by atoms with Crippen molar-refractivity contribution in [2.45, 2.75) is 26.8 Å². The van der Waals surface area contributed by atoms with Gasteiger partial charge >= 0.3 is 0 Å². The minimum Gasteiger partial charge on any atom is -0.387 e. The number of fused-ring (bicyclic) bond motifs is 1.